The molecule has 0 aliphatic rings. The molecule has 0 aliphatic heterocycles. The molecule has 2 N–H and O–H groups in total. The predicted molar refractivity (Wildman–Crippen MR) is 93.1 cm³/mol. The molecule has 0 amide bonds. The largest absolute Gasteiger partial charge is 0.480 e. The van der Waals surface area contributed by atoms with Crippen LogP contribution < -0.4 is 4.72 Å². The van der Waals surface area contributed by atoms with E-state index in [0.29, 0.717) is 10.8 Å². The lowest BCUT2D eigenvalue weighted by molar-refractivity contribution is -0.138. The highest BCUT2D eigenvalue weighted by molar-refractivity contribution is 7.91. The van der Waals surface area contributed by atoms with Gasteiger partial charge in [-0.15, -0.1) is 22.7 Å². The lowest BCUT2D eigenvalue weighted by Crippen LogP contribution is -2.37. The summed E-state index contributed by atoms with van der Waals surface area (Å²) < 4.78 is 31.7. The van der Waals surface area contributed by atoms with Crippen molar-refractivity contribution in [1.82, 2.24) is 14.9 Å². The minimum atomic E-state index is -3.93. The third kappa shape index (κ3) is 3.79. The number of nitrogens with one attached hydrogen (secondary N) is 1. The molecule has 0 unspecified atom stereocenters. The Labute approximate surface area is 151 Å². The number of nitrogens with zero attached hydrogens (tertiary/aromatic N) is 2. The number of rotatable bonds is 6. The van der Waals surface area contributed by atoms with Gasteiger partial charge in [-0.1, -0.05) is 5.16 Å². The predicted octanol–water partition coefficient (Wildman–Crippen LogP) is 2.59. The summed E-state index contributed by atoms with van der Waals surface area (Å²) in [5.74, 6) is -0.614. The molecule has 0 spiro atoms. The van der Waals surface area contributed by atoms with Gasteiger partial charge in [0.05, 0.1) is 9.75 Å². The molecule has 1 atom stereocenters. The second-order valence-corrected chi connectivity index (χ2v) is 9.45. The van der Waals surface area contributed by atoms with Gasteiger partial charge in [-0.3, -0.25) is 4.79 Å². The fourth-order valence-electron chi connectivity index (χ4n) is 1.90. The Morgan fingerprint density at radius 2 is 1.96 bits per heavy atom. The summed E-state index contributed by atoms with van der Waals surface area (Å²) >= 11 is 2.45. The molecule has 25 heavy (non-hydrogen) atoms. The summed E-state index contributed by atoms with van der Waals surface area (Å²) in [6, 6.07) is 5.52. The van der Waals surface area contributed by atoms with Crippen LogP contribution in [-0.4, -0.2) is 35.7 Å². The number of aromatic nitrogens is 2. The molecule has 0 radical (unpaired) electrons. The number of carboxylic acid groups (broad SMARTS) is 1. The highest BCUT2D eigenvalue weighted by atomic mass is 32.2. The SMILES string of the molecule is Cc1ccc(-c2nc(-c3ccc(S(=O)(=O)N[C@H](C)C(=O)O)s3)no2)s1. The number of carbonyl (C=O) groups is 1. The summed E-state index contributed by atoms with van der Waals surface area (Å²) in [6.45, 7) is 3.22. The van der Waals surface area contributed by atoms with Crippen molar-refractivity contribution in [2.45, 2.75) is 24.1 Å². The van der Waals surface area contributed by atoms with Crippen LogP contribution in [0.15, 0.2) is 33.0 Å². The molecule has 0 aromatic carbocycles. The quantitative estimate of drug-likeness (QED) is 0.653. The van der Waals surface area contributed by atoms with Crippen LogP contribution in [0.4, 0.5) is 0 Å². The zero-order valence-electron chi connectivity index (χ0n) is 13.1. The fraction of sp³-hybridized carbons (Fsp3) is 0.214. The first kappa shape index (κ1) is 17.7. The van der Waals surface area contributed by atoms with E-state index < -0.39 is 22.0 Å². The van der Waals surface area contributed by atoms with Gasteiger partial charge in [-0.05, 0) is 38.1 Å². The van der Waals surface area contributed by atoms with Crippen LogP contribution in [0.1, 0.15) is 11.8 Å². The molecule has 3 aromatic heterocycles. The van der Waals surface area contributed by atoms with Crippen LogP contribution >= 0.6 is 22.7 Å². The van der Waals surface area contributed by atoms with Crippen LogP contribution in [0.5, 0.6) is 0 Å². The van der Waals surface area contributed by atoms with E-state index in [9.17, 15) is 13.2 Å². The van der Waals surface area contributed by atoms with E-state index in [4.69, 9.17) is 9.63 Å². The normalized spacial score (nSPS) is 13.0. The van der Waals surface area contributed by atoms with Gasteiger partial charge >= 0.3 is 5.97 Å². The molecule has 3 aromatic rings. The standard InChI is InChI=1S/C14H13N3O5S3/c1-7-3-4-10(23-7)13-15-12(16-22-13)9-5-6-11(24-9)25(20,21)17-8(2)14(18)19/h3-6,8,17H,1-2H3,(H,18,19)/t8-/m1/s1. The lowest BCUT2D eigenvalue weighted by atomic mass is 10.4. The molecular weight excluding hydrogens is 386 g/mol. The van der Waals surface area contributed by atoms with E-state index >= 15 is 0 Å². The first-order valence-electron chi connectivity index (χ1n) is 7.02. The molecule has 132 valence electrons. The maximum absolute atomic E-state index is 12.2. The number of hydrogen-bond donors (Lipinski definition) is 2. The van der Waals surface area contributed by atoms with Crippen LogP contribution in [0.25, 0.3) is 21.5 Å². The molecule has 8 nitrogen and oxygen atoms in total. The van der Waals surface area contributed by atoms with Gasteiger partial charge in [-0.2, -0.15) is 9.71 Å². The molecule has 11 heteroatoms. The first-order valence-corrected chi connectivity index (χ1v) is 10.1. The number of carboxylic acids is 1. The molecule has 0 saturated heterocycles. The Bertz CT molecular complexity index is 1020. The summed E-state index contributed by atoms with van der Waals surface area (Å²) in [6.07, 6.45) is 0. The summed E-state index contributed by atoms with van der Waals surface area (Å²) in [5.41, 5.74) is 0. The third-order valence-electron chi connectivity index (χ3n) is 3.15. The van der Waals surface area contributed by atoms with E-state index in [-0.39, 0.29) is 10.0 Å². The minimum absolute atomic E-state index is 0.0195. The lowest BCUT2D eigenvalue weighted by Gasteiger charge is -2.07. The summed E-state index contributed by atoms with van der Waals surface area (Å²) in [5, 5.41) is 12.7. The van der Waals surface area contributed by atoms with Crippen LogP contribution in [-0.2, 0) is 14.8 Å². The van der Waals surface area contributed by atoms with E-state index in [2.05, 4.69) is 14.9 Å². The Balaban J connectivity index is 1.84. The Hall–Kier alpha value is -2.08. The molecule has 3 rings (SSSR count). The smallest absolute Gasteiger partial charge is 0.321 e. The second kappa shape index (κ2) is 6.67. The van der Waals surface area contributed by atoms with Crippen LogP contribution in [0.3, 0.4) is 0 Å². The van der Waals surface area contributed by atoms with Gasteiger partial charge in [0.2, 0.25) is 5.82 Å². The van der Waals surface area contributed by atoms with Crippen molar-refractivity contribution in [3.05, 3.63) is 29.1 Å². The van der Waals surface area contributed by atoms with Gasteiger partial charge in [0, 0.05) is 4.88 Å². The van der Waals surface area contributed by atoms with Crippen LogP contribution in [0.2, 0.25) is 0 Å². The number of sulfonamides is 1. The second-order valence-electron chi connectivity index (χ2n) is 5.13. The van der Waals surface area contributed by atoms with Gasteiger partial charge < -0.3 is 9.63 Å². The minimum Gasteiger partial charge on any atom is -0.480 e. The van der Waals surface area contributed by atoms with Gasteiger partial charge in [0.1, 0.15) is 10.3 Å². The Morgan fingerprint density at radius 3 is 2.60 bits per heavy atom. The van der Waals surface area contributed by atoms with Gasteiger partial charge in [0.25, 0.3) is 15.9 Å². The van der Waals surface area contributed by atoms with Crippen LogP contribution in [0, 0.1) is 6.92 Å². The Morgan fingerprint density at radius 1 is 1.24 bits per heavy atom. The topological polar surface area (TPSA) is 122 Å². The highest BCUT2D eigenvalue weighted by Gasteiger charge is 2.24. The van der Waals surface area contributed by atoms with E-state index in [1.54, 1.807) is 6.07 Å². The molecule has 0 aliphatic carbocycles. The number of aryl methyl sites for hydroxylation is 1. The van der Waals surface area contributed by atoms with E-state index in [1.165, 1.54) is 24.3 Å². The average Bonchev–Trinajstić information content (AvgIpc) is 3.26. The van der Waals surface area contributed by atoms with Crippen molar-refractivity contribution in [3.8, 4) is 21.5 Å². The van der Waals surface area contributed by atoms with Gasteiger partial charge in [-0.25, -0.2) is 8.42 Å². The monoisotopic (exact) mass is 399 g/mol. The zero-order valence-corrected chi connectivity index (χ0v) is 15.5. The molecule has 0 saturated carbocycles. The van der Waals surface area contributed by atoms with Crippen molar-refractivity contribution < 1.29 is 22.8 Å². The molecule has 3 heterocycles. The molecule has 0 bridgehead atoms. The first-order chi connectivity index (χ1) is 11.8. The zero-order chi connectivity index (χ0) is 18.2. The van der Waals surface area contributed by atoms with Crippen molar-refractivity contribution in [2.24, 2.45) is 0 Å². The molecular formula is C14H13N3O5S3. The van der Waals surface area contributed by atoms with E-state index in [1.807, 2.05) is 19.1 Å². The summed E-state index contributed by atoms with van der Waals surface area (Å²) in [7, 11) is -3.93. The fourth-order valence-corrected chi connectivity index (χ4v) is 5.13. The Kier molecular flexibility index (Phi) is 4.73. The van der Waals surface area contributed by atoms with Crippen molar-refractivity contribution >= 4 is 38.7 Å². The summed E-state index contributed by atoms with van der Waals surface area (Å²) in [4.78, 5) is 17.5. The highest BCUT2D eigenvalue weighted by Crippen LogP contribution is 2.32. The van der Waals surface area contributed by atoms with Crippen molar-refractivity contribution in [3.63, 3.8) is 0 Å². The maximum Gasteiger partial charge on any atom is 0.321 e. The average molecular weight is 399 g/mol. The van der Waals surface area contributed by atoms with Crippen molar-refractivity contribution in [2.75, 3.05) is 0 Å². The maximum atomic E-state index is 12.2. The third-order valence-corrected chi connectivity index (χ3v) is 7.25. The molecule has 0 fully saturated rings. The van der Waals surface area contributed by atoms with Crippen molar-refractivity contribution in [1.29, 1.82) is 0 Å². The number of hydrogen-bond acceptors (Lipinski definition) is 8. The van der Waals surface area contributed by atoms with E-state index in [0.717, 1.165) is 21.1 Å². The number of thiophene rings is 2. The number of aliphatic carboxylic acids is 1. The van der Waals surface area contributed by atoms with Gasteiger partial charge in [0.15, 0.2) is 0 Å².